The van der Waals surface area contributed by atoms with Crippen LogP contribution in [0.15, 0.2) is 0 Å². The molecule has 1 heterocycles. The van der Waals surface area contributed by atoms with Crippen molar-refractivity contribution in [2.75, 3.05) is 18.1 Å². The molecule has 1 amide bonds. The van der Waals surface area contributed by atoms with Crippen LogP contribution in [0.2, 0.25) is 0 Å². The second-order valence-corrected chi connectivity index (χ2v) is 5.63. The van der Waals surface area contributed by atoms with E-state index in [4.69, 9.17) is 5.73 Å². The first-order chi connectivity index (χ1) is 7.83. The lowest BCUT2D eigenvalue weighted by molar-refractivity contribution is -0.121. The van der Waals surface area contributed by atoms with Gasteiger partial charge in [0.25, 0.3) is 0 Å². The molecule has 0 spiro atoms. The molecule has 0 aromatic heterocycles. The number of carbonyl (C=O) groups excluding carboxylic acids is 1. The fraction of sp³-hybridized carbons (Fsp3) is 0.917. The molecule has 3 nitrogen and oxygen atoms in total. The van der Waals surface area contributed by atoms with Crippen LogP contribution in [0, 0.1) is 0 Å². The third-order valence-electron chi connectivity index (χ3n) is 2.94. The molecule has 1 saturated heterocycles. The average Bonchev–Trinajstić information content (AvgIpc) is 2.30. The second kappa shape index (κ2) is 8.88. The lowest BCUT2D eigenvalue weighted by Crippen LogP contribution is -2.37. The van der Waals surface area contributed by atoms with Crippen LogP contribution in [0.3, 0.4) is 0 Å². The van der Waals surface area contributed by atoms with Crippen molar-refractivity contribution in [2.45, 2.75) is 51.0 Å². The Morgan fingerprint density at radius 3 is 2.56 bits per heavy atom. The maximum absolute atomic E-state index is 11.6. The molecule has 16 heavy (non-hydrogen) atoms. The van der Waals surface area contributed by atoms with E-state index in [9.17, 15) is 4.79 Å². The van der Waals surface area contributed by atoms with Gasteiger partial charge in [-0.05, 0) is 43.7 Å². The van der Waals surface area contributed by atoms with Crippen LogP contribution in [-0.4, -0.2) is 30.0 Å². The van der Waals surface area contributed by atoms with E-state index in [0.29, 0.717) is 12.5 Å². The summed E-state index contributed by atoms with van der Waals surface area (Å²) < 4.78 is 0. The number of nitrogens with one attached hydrogen (secondary N) is 1. The molecule has 1 rings (SSSR count). The smallest absolute Gasteiger partial charge is 0.220 e. The lowest BCUT2D eigenvalue weighted by atomic mass is 10.1. The second-order valence-electron chi connectivity index (χ2n) is 4.41. The van der Waals surface area contributed by atoms with Crippen LogP contribution in [0.1, 0.15) is 44.9 Å². The lowest BCUT2D eigenvalue weighted by Gasteiger charge is -2.22. The molecule has 0 aliphatic carbocycles. The van der Waals surface area contributed by atoms with Gasteiger partial charge in [0.05, 0.1) is 0 Å². The van der Waals surface area contributed by atoms with Gasteiger partial charge in [0, 0.05) is 12.5 Å². The molecule has 0 saturated carbocycles. The monoisotopic (exact) mass is 244 g/mol. The van der Waals surface area contributed by atoms with Gasteiger partial charge in [0.15, 0.2) is 0 Å². The summed E-state index contributed by atoms with van der Waals surface area (Å²) in [7, 11) is 0. The Bertz CT molecular complexity index is 193. The number of rotatable bonds is 7. The number of nitrogens with two attached hydrogens (primary N) is 1. The molecule has 0 radical (unpaired) electrons. The molecular weight excluding hydrogens is 220 g/mol. The van der Waals surface area contributed by atoms with Gasteiger partial charge < -0.3 is 11.1 Å². The van der Waals surface area contributed by atoms with Gasteiger partial charge >= 0.3 is 0 Å². The van der Waals surface area contributed by atoms with E-state index >= 15 is 0 Å². The van der Waals surface area contributed by atoms with E-state index in [1.54, 1.807) is 0 Å². The van der Waals surface area contributed by atoms with Crippen LogP contribution in [0.5, 0.6) is 0 Å². The number of hydrogen-bond donors (Lipinski definition) is 2. The summed E-state index contributed by atoms with van der Waals surface area (Å²) in [6, 6.07) is 0.442. The molecule has 0 atom stereocenters. The van der Waals surface area contributed by atoms with Crippen LogP contribution in [0.25, 0.3) is 0 Å². The average molecular weight is 244 g/mol. The van der Waals surface area contributed by atoms with Crippen molar-refractivity contribution in [3.63, 3.8) is 0 Å². The molecule has 0 aromatic carbocycles. The molecule has 4 heteroatoms. The van der Waals surface area contributed by atoms with E-state index < -0.39 is 0 Å². The first-order valence-electron chi connectivity index (χ1n) is 6.40. The standard InChI is InChI=1S/C12H24N2OS/c13-8-4-2-1-3-5-12(15)14-11-6-9-16-10-7-11/h11H,1-10,13H2,(H,14,15). The predicted molar refractivity (Wildman–Crippen MR) is 70.6 cm³/mol. The van der Waals surface area contributed by atoms with E-state index in [1.807, 2.05) is 11.8 Å². The summed E-state index contributed by atoms with van der Waals surface area (Å²) in [4.78, 5) is 11.6. The van der Waals surface area contributed by atoms with Crippen LogP contribution in [-0.2, 0) is 4.79 Å². The summed E-state index contributed by atoms with van der Waals surface area (Å²) in [5.74, 6) is 2.63. The van der Waals surface area contributed by atoms with Crippen LogP contribution >= 0.6 is 11.8 Å². The van der Waals surface area contributed by atoms with E-state index in [1.165, 1.54) is 11.5 Å². The van der Waals surface area contributed by atoms with Gasteiger partial charge in [-0.2, -0.15) is 11.8 Å². The maximum atomic E-state index is 11.6. The first-order valence-corrected chi connectivity index (χ1v) is 7.55. The highest BCUT2D eigenvalue weighted by atomic mass is 32.2. The summed E-state index contributed by atoms with van der Waals surface area (Å²) in [5, 5.41) is 3.13. The fourth-order valence-corrected chi connectivity index (χ4v) is 3.03. The molecular formula is C12H24N2OS. The Morgan fingerprint density at radius 2 is 1.88 bits per heavy atom. The molecule has 1 fully saturated rings. The zero-order valence-electron chi connectivity index (χ0n) is 10.0. The zero-order valence-corrected chi connectivity index (χ0v) is 10.9. The van der Waals surface area contributed by atoms with Gasteiger partial charge in [0.1, 0.15) is 0 Å². The largest absolute Gasteiger partial charge is 0.353 e. The SMILES string of the molecule is NCCCCCCC(=O)NC1CCSCC1. The first kappa shape index (κ1) is 13.8. The van der Waals surface area contributed by atoms with Gasteiger partial charge in [-0.25, -0.2) is 0 Å². The maximum Gasteiger partial charge on any atom is 0.220 e. The topological polar surface area (TPSA) is 55.1 Å². The molecule has 0 bridgehead atoms. The Kier molecular flexibility index (Phi) is 7.68. The van der Waals surface area contributed by atoms with Crippen LogP contribution in [0.4, 0.5) is 0 Å². The van der Waals surface area contributed by atoms with E-state index in [2.05, 4.69) is 5.32 Å². The van der Waals surface area contributed by atoms with Crippen molar-refractivity contribution in [3.8, 4) is 0 Å². The summed E-state index contributed by atoms with van der Waals surface area (Å²) in [6.07, 6.45) is 7.35. The Balaban J connectivity index is 1.97. The summed E-state index contributed by atoms with van der Waals surface area (Å²) in [6.45, 7) is 0.770. The Morgan fingerprint density at radius 1 is 1.19 bits per heavy atom. The van der Waals surface area contributed by atoms with E-state index in [-0.39, 0.29) is 5.91 Å². The summed E-state index contributed by atoms with van der Waals surface area (Å²) in [5.41, 5.74) is 5.41. The summed E-state index contributed by atoms with van der Waals surface area (Å²) >= 11 is 1.99. The van der Waals surface area contributed by atoms with Crippen molar-refractivity contribution in [1.29, 1.82) is 0 Å². The van der Waals surface area contributed by atoms with Crippen molar-refractivity contribution in [1.82, 2.24) is 5.32 Å². The van der Waals surface area contributed by atoms with Gasteiger partial charge in [-0.1, -0.05) is 12.8 Å². The number of hydrogen-bond acceptors (Lipinski definition) is 3. The van der Waals surface area contributed by atoms with Gasteiger partial charge in [-0.15, -0.1) is 0 Å². The predicted octanol–water partition coefficient (Wildman–Crippen LogP) is 1.91. The molecule has 1 aliphatic heterocycles. The molecule has 94 valence electrons. The normalized spacial score (nSPS) is 17.3. The Labute approximate surface area is 103 Å². The number of thioether (sulfide) groups is 1. The third-order valence-corrected chi connectivity index (χ3v) is 3.99. The van der Waals surface area contributed by atoms with E-state index in [0.717, 1.165) is 45.1 Å². The molecule has 0 unspecified atom stereocenters. The third kappa shape index (κ3) is 6.38. The number of carbonyl (C=O) groups is 1. The molecule has 3 N–H and O–H groups in total. The quantitative estimate of drug-likeness (QED) is 0.673. The number of unbranched alkanes of at least 4 members (excludes halogenated alkanes) is 3. The van der Waals surface area contributed by atoms with Crippen molar-refractivity contribution >= 4 is 17.7 Å². The van der Waals surface area contributed by atoms with Gasteiger partial charge in [0.2, 0.25) is 5.91 Å². The van der Waals surface area contributed by atoms with Crippen molar-refractivity contribution < 1.29 is 4.79 Å². The zero-order chi connectivity index (χ0) is 11.6. The van der Waals surface area contributed by atoms with Crippen molar-refractivity contribution in [2.24, 2.45) is 5.73 Å². The minimum absolute atomic E-state index is 0.240. The van der Waals surface area contributed by atoms with Crippen LogP contribution < -0.4 is 11.1 Å². The highest BCUT2D eigenvalue weighted by molar-refractivity contribution is 7.99. The van der Waals surface area contributed by atoms with Gasteiger partial charge in [-0.3, -0.25) is 4.79 Å². The fourth-order valence-electron chi connectivity index (χ4n) is 1.93. The number of amides is 1. The van der Waals surface area contributed by atoms with Crippen molar-refractivity contribution in [3.05, 3.63) is 0 Å². The highest BCUT2D eigenvalue weighted by Gasteiger charge is 2.15. The highest BCUT2D eigenvalue weighted by Crippen LogP contribution is 2.17. The minimum atomic E-state index is 0.240. The Hall–Kier alpha value is -0.220. The minimum Gasteiger partial charge on any atom is -0.353 e. The molecule has 0 aromatic rings. The molecule has 1 aliphatic rings.